The second-order valence-electron chi connectivity index (χ2n) is 9.38. The highest BCUT2D eigenvalue weighted by Gasteiger charge is 2.14. The minimum absolute atomic E-state index is 0.00602. The topological polar surface area (TPSA) is 56.9 Å². The molecule has 3 heterocycles. The van der Waals surface area contributed by atoms with E-state index in [1.54, 1.807) is 18.5 Å². The van der Waals surface area contributed by atoms with E-state index in [-0.39, 0.29) is 11.1 Å². The van der Waals surface area contributed by atoms with Crippen LogP contribution in [0.15, 0.2) is 52.3 Å². The highest BCUT2D eigenvalue weighted by molar-refractivity contribution is 5.81. The average Bonchev–Trinajstić information content (AvgIpc) is 2.86. The SMILES string of the molecule is CCCCCCCCn1c(=O)ccc2c1cc(-c1ccncc1)c(=O)n2CCCCCCCC. The van der Waals surface area contributed by atoms with Crippen LogP contribution in [0.3, 0.4) is 0 Å². The first-order valence-electron chi connectivity index (χ1n) is 13.3. The number of unbranched alkanes of at least 4 members (excludes halogenated alkanes) is 10. The molecule has 0 radical (unpaired) electrons. The fourth-order valence-corrected chi connectivity index (χ4v) is 4.71. The van der Waals surface area contributed by atoms with E-state index in [4.69, 9.17) is 0 Å². The first-order chi connectivity index (χ1) is 16.7. The van der Waals surface area contributed by atoms with Crippen LogP contribution in [0.25, 0.3) is 22.2 Å². The van der Waals surface area contributed by atoms with Crippen LogP contribution in [0.1, 0.15) is 90.9 Å². The molecule has 34 heavy (non-hydrogen) atoms. The smallest absolute Gasteiger partial charge is 0.259 e. The van der Waals surface area contributed by atoms with Gasteiger partial charge in [-0.15, -0.1) is 0 Å². The Bertz CT molecular complexity index is 1130. The first kappa shape index (κ1) is 25.9. The standard InChI is InChI=1S/C29H41N3O2/c1-3-5-7-9-11-13-21-31-27-23-25(24-17-19-30-20-18-24)29(34)32(26(27)15-16-28(31)33)22-14-12-10-8-6-4-2/h15-20,23H,3-14,21-22H2,1-2H3. The van der Waals surface area contributed by atoms with E-state index in [9.17, 15) is 9.59 Å². The third kappa shape index (κ3) is 6.91. The van der Waals surface area contributed by atoms with Crippen LogP contribution >= 0.6 is 0 Å². The second-order valence-corrected chi connectivity index (χ2v) is 9.38. The molecule has 3 rings (SSSR count). The predicted octanol–water partition coefficient (Wildman–Crippen LogP) is 6.95. The van der Waals surface area contributed by atoms with Crippen molar-refractivity contribution in [1.82, 2.24) is 14.1 Å². The van der Waals surface area contributed by atoms with E-state index in [0.29, 0.717) is 18.7 Å². The number of pyridine rings is 3. The zero-order valence-corrected chi connectivity index (χ0v) is 21.1. The van der Waals surface area contributed by atoms with Gasteiger partial charge in [0.1, 0.15) is 0 Å². The van der Waals surface area contributed by atoms with Gasteiger partial charge in [0, 0.05) is 37.1 Å². The molecule has 3 aromatic heterocycles. The van der Waals surface area contributed by atoms with Crippen LogP contribution < -0.4 is 11.1 Å². The first-order valence-corrected chi connectivity index (χ1v) is 13.3. The summed E-state index contributed by atoms with van der Waals surface area (Å²) in [6, 6.07) is 9.13. The molecule has 0 aliphatic rings. The number of rotatable bonds is 15. The summed E-state index contributed by atoms with van der Waals surface area (Å²) in [7, 11) is 0. The predicted molar refractivity (Wildman–Crippen MR) is 142 cm³/mol. The lowest BCUT2D eigenvalue weighted by Gasteiger charge is -2.17. The molecule has 0 unspecified atom stereocenters. The molecule has 0 N–H and O–H groups in total. The molecule has 0 bridgehead atoms. The third-order valence-corrected chi connectivity index (χ3v) is 6.71. The monoisotopic (exact) mass is 463 g/mol. The van der Waals surface area contributed by atoms with Gasteiger partial charge in [-0.1, -0.05) is 78.1 Å². The summed E-state index contributed by atoms with van der Waals surface area (Å²) in [6.45, 7) is 5.81. The average molecular weight is 464 g/mol. The minimum atomic E-state index is 0.00602. The zero-order chi connectivity index (χ0) is 24.2. The molecule has 0 spiro atoms. The van der Waals surface area contributed by atoms with E-state index in [2.05, 4.69) is 18.8 Å². The van der Waals surface area contributed by atoms with Crippen molar-refractivity contribution in [3.63, 3.8) is 0 Å². The summed E-state index contributed by atoms with van der Waals surface area (Å²) >= 11 is 0. The number of fused-ring (bicyclic) bond motifs is 1. The molecule has 5 nitrogen and oxygen atoms in total. The molecular weight excluding hydrogens is 422 g/mol. The van der Waals surface area contributed by atoms with Crippen molar-refractivity contribution in [3.8, 4) is 11.1 Å². The Kier molecular flexibility index (Phi) is 10.6. The summed E-state index contributed by atoms with van der Waals surface area (Å²) in [5, 5.41) is 0. The van der Waals surface area contributed by atoms with Gasteiger partial charge < -0.3 is 9.13 Å². The minimum Gasteiger partial charge on any atom is -0.307 e. The number of aryl methyl sites for hydroxylation is 2. The van der Waals surface area contributed by atoms with Gasteiger partial charge in [0.2, 0.25) is 0 Å². The van der Waals surface area contributed by atoms with E-state index in [1.807, 2.05) is 33.4 Å². The maximum Gasteiger partial charge on any atom is 0.259 e. The van der Waals surface area contributed by atoms with E-state index in [0.717, 1.165) is 42.3 Å². The molecule has 184 valence electrons. The summed E-state index contributed by atoms with van der Waals surface area (Å²) < 4.78 is 3.76. The van der Waals surface area contributed by atoms with Crippen LogP contribution in [-0.2, 0) is 13.1 Å². The van der Waals surface area contributed by atoms with Gasteiger partial charge >= 0.3 is 0 Å². The van der Waals surface area contributed by atoms with Gasteiger partial charge in [-0.05, 0) is 42.7 Å². The summed E-state index contributed by atoms with van der Waals surface area (Å²) in [6.07, 6.45) is 17.5. The Balaban J connectivity index is 1.93. The van der Waals surface area contributed by atoms with Crippen molar-refractivity contribution in [2.24, 2.45) is 0 Å². The molecule has 0 saturated heterocycles. The Hall–Kier alpha value is -2.69. The van der Waals surface area contributed by atoms with Gasteiger partial charge in [0.05, 0.1) is 11.0 Å². The van der Waals surface area contributed by atoms with E-state index >= 15 is 0 Å². The molecule has 0 aliphatic heterocycles. The van der Waals surface area contributed by atoms with E-state index in [1.165, 1.54) is 51.4 Å². The molecule has 0 fully saturated rings. The van der Waals surface area contributed by atoms with Crippen molar-refractivity contribution in [1.29, 1.82) is 0 Å². The van der Waals surface area contributed by atoms with Crippen molar-refractivity contribution in [2.45, 2.75) is 104 Å². The van der Waals surface area contributed by atoms with Crippen LogP contribution in [0.5, 0.6) is 0 Å². The van der Waals surface area contributed by atoms with Crippen LogP contribution in [-0.4, -0.2) is 14.1 Å². The van der Waals surface area contributed by atoms with Gasteiger partial charge in [0.25, 0.3) is 11.1 Å². The number of aromatic nitrogens is 3. The molecule has 5 heteroatoms. The molecule has 0 saturated carbocycles. The Morgan fingerprint density at radius 3 is 1.82 bits per heavy atom. The largest absolute Gasteiger partial charge is 0.307 e. The number of hydrogen-bond acceptors (Lipinski definition) is 3. The maximum atomic E-state index is 13.6. The van der Waals surface area contributed by atoms with Crippen LogP contribution in [0, 0.1) is 0 Å². The number of hydrogen-bond donors (Lipinski definition) is 0. The van der Waals surface area contributed by atoms with Gasteiger partial charge in [-0.25, -0.2) is 0 Å². The quantitative estimate of drug-likeness (QED) is 0.229. The lowest BCUT2D eigenvalue weighted by atomic mass is 10.1. The Labute approximate surface area is 203 Å². The summed E-state index contributed by atoms with van der Waals surface area (Å²) in [5.41, 5.74) is 3.23. The van der Waals surface area contributed by atoms with Crippen molar-refractivity contribution in [3.05, 3.63) is 63.4 Å². The number of nitrogens with zero attached hydrogens (tertiary/aromatic N) is 3. The van der Waals surface area contributed by atoms with Crippen LogP contribution in [0.4, 0.5) is 0 Å². The maximum absolute atomic E-state index is 13.6. The van der Waals surface area contributed by atoms with Crippen LogP contribution in [0.2, 0.25) is 0 Å². The van der Waals surface area contributed by atoms with Crippen molar-refractivity contribution >= 4 is 11.0 Å². The van der Waals surface area contributed by atoms with Gasteiger partial charge in [-0.3, -0.25) is 14.6 Å². The Morgan fingerprint density at radius 1 is 0.647 bits per heavy atom. The van der Waals surface area contributed by atoms with Gasteiger partial charge in [-0.2, -0.15) is 0 Å². The highest BCUT2D eigenvalue weighted by atomic mass is 16.1. The highest BCUT2D eigenvalue weighted by Crippen LogP contribution is 2.21. The fourth-order valence-electron chi connectivity index (χ4n) is 4.71. The Morgan fingerprint density at radius 2 is 1.21 bits per heavy atom. The fraction of sp³-hybridized carbons (Fsp3) is 0.552. The lowest BCUT2D eigenvalue weighted by Crippen LogP contribution is -2.27. The second kappa shape index (κ2) is 13.9. The normalized spacial score (nSPS) is 11.4. The molecule has 0 atom stereocenters. The van der Waals surface area contributed by atoms with E-state index < -0.39 is 0 Å². The molecule has 0 amide bonds. The van der Waals surface area contributed by atoms with Gasteiger partial charge in [0.15, 0.2) is 0 Å². The molecule has 3 aromatic rings. The summed E-state index contributed by atoms with van der Waals surface area (Å²) in [5.74, 6) is 0. The molecule has 0 aliphatic carbocycles. The third-order valence-electron chi connectivity index (χ3n) is 6.71. The van der Waals surface area contributed by atoms with Crippen molar-refractivity contribution in [2.75, 3.05) is 0 Å². The van der Waals surface area contributed by atoms with Crippen molar-refractivity contribution < 1.29 is 0 Å². The lowest BCUT2D eigenvalue weighted by molar-refractivity contribution is 0.551. The molecular formula is C29H41N3O2. The molecule has 0 aromatic carbocycles. The zero-order valence-electron chi connectivity index (χ0n) is 21.1. The summed E-state index contributed by atoms with van der Waals surface area (Å²) in [4.78, 5) is 30.5.